The van der Waals surface area contributed by atoms with Crippen molar-refractivity contribution in [3.05, 3.63) is 41.8 Å². The van der Waals surface area contributed by atoms with Crippen molar-refractivity contribution < 1.29 is 14.3 Å². The van der Waals surface area contributed by atoms with Crippen LogP contribution in [0.1, 0.15) is 16.2 Å². The minimum Gasteiger partial charge on any atom is -0.476 e. The molecule has 3 rings (SSSR count). The predicted molar refractivity (Wildman–Crippen MR) is 69.0 cm³/mol. The van der Waals surface area contributed by atoms with Crippen LogP contribution in [0.2, 0.25) is 0 Å². The molecule has 90 valence electrons. The van der Waals surface area contributed by atoms with E-state index in [1.165, 1.54) is 11.3 Å². The van der Waals surface area contributed by atoms with Gasteiger partial charge in [0.05, 0.1) is 4.88 Å². The molecule has 0 saturated heterocycles. The predicted octanol–water partition coefficient (Wildman–Crippen LogP) is 3.56. The molecule has 5 heteroatoms. The van der Waals surface area contributed by atoms with Crippen molar-refractivity contribution >= 4 is 27.4 Å². The molecule has 3 aromatic rings. The standard InChI is InChI=1S/C13H9NO3S/c1-7-11(13(15)16)14-12(17-7)10-6-8-4-2-3-5-9(8)18-10/h2-6H,1H3,(H,15,16). The number of aryl methyl sites for hydroxylation is 1. The first-order valence-corrected chi connectivity index (χ1v) is 6.16. The van der Waals surface area contributed by atoms with Gasteiger partial charge in [-0.15, -0.1) is 11.3 Å². The van der Waals surface area contributed by atoms with Crippen LogP contribution in [0.15, 0.2) is 34.7 Å². The summed E-state index contributed by atoms with van der Waals surface area (Å²) in [6, 6.07) is 9.89. The second-order valence-electron chi connectivity index (χ2n) is 3.88. The molecule has 0 aliphatic carbocycles. The molecule has 4 nitrogen and oxygen atoms in total. The Labute approximate surface area is 107 Å². The molecule has 2 heterocycles. The highest BCUT2D eigenvalue weighted by Gasteiger charge is 2.18. The number of benzene rings is 1. The fourth-order valence-electron chi connectivity index (χ4n) is 1.79. The van der Waals surface area contributed by atoms with Crippen molar-refractivity contribution in [1.82, 2.24) is 4.98 Å². The zero-order chi connectivity index (χ0) is 12.7. The van der Waals surface area contributed by atoms with Crippen molar-refractivity contribution in [2.24, 2.45) is 0 Å². The number of carbonyl (C=O) groups is 1. The van der Waals surface area contributed by atoms with Gasteiger partial charge >= 0.3 is 5.97 Å². The highest BCUT2D eigenvalue weighted by Crippen LogP contribution is 2.33. The van der Waals surface area contributed by atoms with Gasteiger partial charge in [0, 0.05) is 4.70 Å². The second kappa shape index (κ2) is 3.96. The first-order chi connectivity index (χ1) is 8.65. The van der Waals surface area contributed by atoms with Crippen LogP contribution in [-0.4, -0.2) is 16.1 Å². The first kappa shape index (κ1) is 11.0. The van der Waals surface area contributed by atoms with E-state index in [0.29, 0.717) is 11.7 Å². The number of hydrogen-bond donors (Lipinski definition) is 1. The normalized spacial score (nSPS) is 10.9. The maximum atomic E-state index is 10.9. The summed E-state index contributed by atoms with van der Waals surface area (Å²) in [6.45, 7) is 1.60. The summed E-state index contributed by atoms with van der Waals surface area (Å²) in [5.41, 5.74) is -0.0255. The minimum absolute atomic E-state index is 0.0255. The van der Waals surface area contributed by atoms with E-state index in [-0.39, 0.29) is 5.69 Å². The zero-order valence-corrected chi connectivity index (χ0v) is 10.3. The van der Waals surface area contributed by atoms with Crippen LogP contribution in [-0.2, 0) is 0 Å². The molecular formula is C13H9NO3S. The average molecular weight is 259 g/mol. The van der Waals surface area contributed by atoms with E-state index in [1.807, 2.05) is 30.3 Å². The Hall–Kier alpha value is -2.14. The lowest BCUT2D eigenvalue weighted by Crippen LogP contribution is -1.98. The molecule has 0 spiro atoms. The van der Waals surface area contributed by atoms with E-state index in [2.05, 4.69) is 4.98 Å². The molecule has 0 atom stereocenters. The molecule has 2 aromatic heterocycles. The molecule has 0 radical (unpaired) electrons. The Morgan fingerprint density at radius 2 is 2.17 bits per heavy atom. The number of fused-ring (bicyclic) bond motifs is 1. The topological polar surface area (TPSA) is 63.3 Å². The number of oxazole rings is 1. The molecule has 0 bridgehead atoms. The van der Waals surface area contributed by atoms with Crippen molar-refractivity contribution in [2.45, 2.75) is 6.92 Å². The number of thiophene rings is 1. The molecule has 0 aliphatic heterocycles. The average Bonchev–Trinajstić information content (AvgIpc) is 2.91. The fraction of sp³-hybridized carbons (Fsp3) is 0.0769. The Kier molecular flexibility index (Phi) is 2.41. The summed E-state index contributed by atoms with van der Waals surface area (Å²) in [7, 11) is 0. The molecule has 1 N–H and O–H groups in total. The van der Waals surface area contributed by atoms with Crippen molar-refractivity contribution in [3.63, 3.8) is 0 Å². The van der Waals surface area contributed by atoms with Crippen LogP contribution in [0.25, 0.3) is 20.9 Å². The monoisotopic (exact) mass is 259 g/mol. The molecule has 1 aromatic carbocycles. The van der Waals surface area contributed by atoms with Crippen LogP contribution >= 0.6 is 11.3 Å². The third kappa shape index (κ3) is 1.69. The highest BCUT2D eigenvalue weighted by atomic mass is 32.1. The van der Waals surface area contributed by atoms with E-state index in [4.69, 9.17) is 9.52 Å². The molecular weight excluding hydrogens is 250 g/mol. The molecule has 0 unspecified atom stereocenters. The summed E-state index contributed by atoms with van der Waals surface area (Å²) >= 11 is 1.53. The lowest BCUT2D eigenvalue weighted by Gasteiger charge is -1.85. The van der Waals surface area contributed by atoms with Crippen LogP contribution in [0, 0.1) is 6.92 Å². The second-order valence-corrected chi connectivity index (χ2v) is 4.96. The Bertz CT molecular complexity index is 709. The van der Waals surface area contributed by atoms with Crippen molar-refractivity contribution in [1.29, 1.82) is 0 Å². The van der Waals surface area contributed by atoms with Crippen molar-refractivity contribution in [3.8, 4) is 10.8 Å². The smallest absolute Gasteiger partial charge is 0.358 e. The van der Waals surface area contributed by atoms with Crippen LogP contribution in [0.5, 0.6) is 0 Å². The molecule has 0 amide bonds. The minimum atomic E-state index is -1.07. The summed E-state index contributed by atoms with van der Waals surface area (Å²) in [6.07, 6.45) is 0. The van der Waals surface area contributed by atoms with Crippen LogP contribution < -0.4 is 0 Å². The molecule has 18 heavy (non-hydrogen) atoms. The van der Waals surface area contributed by atoms with Crippen molar-refractivity contribution in [2.75, 3.05) is 0 Å². The Morgan fingerprint density at radius 1 is 1.39 bits per heavy atom. The third-order valence-electron chi connectivity index (χ3n) is 2.64. The Morgan fingerprint density at radius 3 is 2.83 bits per heavy atom. The lowest BCUT2D eigenvalue weighted by molar-refractivity contribution is 0.0689. The van der Waals surface area contributed by atoms with Gasteiger partial charge in [0.15, 0.2) is 5.69 Å². The van der Waals surface area contributed by atoms with E-state index in [9.17, 15) is 4.79 Å². The van der Waals surface area contributed by atoms with E-state index < -0.39 is 5.97 Å². The maximum Gasteiger partial charge on any atom is 0.358 e. The van der Waals surface area contributed by atoms with E-state index >= 15 is 0 Å². The largest absolute Gasteiger partial charge is 0.476 e. The maximum absolute atomic E-state index is 10.9. The van der Waals surface area contributed by atoms with Gasteiger partial charge in [0.1, 0.15) is 5.76 Å². The van der Waals surface area contributed by atoms with Gasteiger partial charge in [0.25, 0.3) is 0 Å². The summed E-state index contributed by atoms with van der Waals surface area (Å²) in [4.78, 5) is 15.8. The number of carboxylic acids is 1. The Balaban J connectivity index is 2.14. The van der Waals surface area contributed by atoms with Gasteiger partial charge in [-0.05, 0) is 24.4 Å². The number of rotatable bonds is 2. The molecule has 0 fully saturated rings. The highest BCUT2D eigenvalue weighted by molar-refractivity contribution is 7.22. The summed E-state index contributed by atoms with van der Waals surface area (Å²) in [5.74, 6) is -0.371. The first-order valence-electron chi connectivity index (χ1n) is 5.35. The van der Waals surface area contributed by atoms with Gasteiger partial charge in [-0.3, -0.25) is 0 Å². The molecule has 0 saturated carbocycles. The quantitative estimate of drug-likeness (QED) is 0.764. The fourth-order valence-corrected chi connectivity index (χ4v) is 2.78. The van der Waals surface area contributed by atoms with Crippen LogP contribution in [0.4, 0.5) is 0 Å². The zero-order valence-electron chi connectivity index (χ0n) is 9.51. The lowest BCUT2D eigenvalue weighted by atomic mass is 10.2. The van der Waals surface area contributed by atoms with Gasteiger partial charge in [-0.2, -0.15) is 0 Å². The number of aromatic carboxylic acids is 1. The SMILES string of the molecule is Cc1oc(-c2cc3ccccc3s2)nc1C(=O)O. The van der Waals surface area contributed by atoms with E-state index in [1.54, 1.807) is 6.92 Å². The molecule has 0 aliphatic rings. The summed E-state index contributed by atoms with van der Waals surface area (Å²) < 4.78 is 6.54. The van der Waals surface area contributed by atoms with Gasteiger partial charge < -0.3 is 9.52 Å². The van der Waals surface area contributed by atoms with Gasteiger partial charge in [-0.25, -0.2) is 9.78 Å². The number of nitrogens with zero attached hydrogens (tertiary/aromatic N) is 1. The third-order valence-corrected chi connectivity index (χ3v) is 3.74. The van der Waals surface area contributed by atoms with E-state index in [0.717, 1.165) is 15.0 Å². The van der Waals surface area contributed by atoms with Gasteiger partial charge in [-0.1, -0.05) is 18.2 Å². The number of carboxylic acid groups (broad SMARTS) is 1. The number of hydrogen-bond acceptors (Lipinski definition) is 4. The van der Waals surface area contributed by atoms with Gasteiger partial charge in [0.2, 0.25) is 5.89 Å². The van der Waals surface area contributed by atoms with Crippen LogP contribution in [0.3, 0.4) is 0 Å². The summed E-state index contributed by atoms with van der Waals surface area (Å²) in [5, 5.41) is 10.0. The number of aromatic nitrogens is 1.